The molecule has 106 valence electrons. The van der Waals surface area contributed by atoms with Gasteiger partial charge in [-0.2, -0.15) is 0 Å². The number of piperidine rings is 1. The van der Waals surface area contributed by atoms with Crippen molar-refractivity contribution in [2.24, 2.45) is 5.92 Å². The number of likely N-dealkylation sites (tertiary alicyclic amines) is 1. The van der Waals surface area contributed by atoms with E-state index in [1.807, 2.05) is 6.92 Å². The molecule has 1 aliphatic heterocycles. The lowest BCUT2D eigenvalue weighted by molar-refractivity contribution is -0.120. The maximum absolute atomic E-state index is 11.2. The average molecular weight is 256 g/mol. The zero-order chi connectivity index (χ0) is 13.7. The Morgan fingerprint density at radius 3 is 2.56 bits per heavy atom. The Bertz CT molecular complexity index is 253. The SMILES string of the molecule is CCC(O)C1CC(NC(C)=O)CN(C(C)CC)C1. The molecule has 1 saturated heterocycles. The first-order valence-electron chi connectivity index (χ1n) is 7.17. The van der Waals surface area contributed by atoms with E-state index in [2.05, 4.69) is 24.1 Å². The van der Waals surface area contributed by atoms with Crippen LogP contribution in [0.4, 0.5) is 0 Å². The van der Waals surface area contributed by atoms with Gasteiger partial charge in [-0.1, -0.05) is 13.8 Å². The van der Waals surface area contributed by atoms with Crippen molar-refractivity contribution in [1.29, 1.82) is 0 Å². The summed E-state index contributed by atoms with van der Waals surface area (Å²) in [5, 5.41) is 13.1. The van der Waals surface area contributed by atoms with Crippen LogP contribution < -0.4 is 5.32 Å². The topological polar surface area (TPSA) is 52.6 Å². The Kier molecular flexibility index (Phi) is 6.09. The molecule has 0 aliphatic carbocycles. The second-order valence-electron chi connectivity index (χ2n) is 5.58. The van der Waals surface area contributed by atoms with Crippen LogP contribution in [0.1, 0.15) is 47.0 Å². The fourth-order valence-corrected chi connectivity index (χ4v) is 2.80. The van der Waals surface area contributed by atoms with Gasteiger partial charge in [0.1, 0.15) is 0 Å². The fraction of sp³-hybridized carbons (Fsp3) is 0.929. The van der Waals surface area contributed by atoms with E-state index < -0.39 is 0 Å². The number of nitrogens with one attached hydrogen (secondary N) is 1. The van der Waals surface area contributed by atoms with E-state index in [-0.39, 0.29) is 24.0 Å². The number of aliphatic hydroxyl groups excluding tert-OH is 1. The Labute approximate surface area is 111 Å². The Morgan fingerprint density at radius 1 is 1.39 bits per heavy atom. The molecule has 0 aromatic rings. The highest BCUT2D eigenvalue weighted by Crippen LogP contribution is 2.24. The molecule has 4 nitrogen and oxygen atoms in total. The number of aliphatic hydroxyl groups is 1. The molecule has 4 heteroatoms. The van der Waals surface area contributed by atoms with Crippen molar-refractivity contribution in [1.82, 2.24) is 10.2 Å². The Hall–Kier alpha value is -0.610. The lowest BCUT2D eigenvalue weighted by Gasteiger charge is -2.42. The third-order valence-electron chi connectivity index (χ3n) is 4.10. The third-order valence-corrected chi connectivity index (χ3v) is 4.10. The van der Waals surface area contributed by atoms with Crippen molar-refractivity contribution in [2.75, 3.05) is 13.1 Å². The van der Waals surface area contributed by atoms with Crippen LogP contribution in [0, 0.1) is 5.92 Å². The summed E-state index contributed by atoms with van der Waals surface area (Å²) >= 11 is 0. The monoisotopic (exact) mass is 256 g/mol. The summed E-state index contributed by atoms with van der Waals surface area (Å²) in [6, 6.07) is 0.685. The number of hydrogen-bond donors (Lipinski definition) is 2. The first-order chi connectivity index (χ1) is 8.47. The van der Waals surface area contributed by atoms with E-state index in [4.69, 9.17) is 0 Å². The number of amides is 1. The first kappa shape index (κ1) is 15.4. The third kappa shape index (κ3) is 4.25. The average Bonchev–Trinajstić information content (AvgIpc) is 2.35. The summed E-state index contributed by atoms with van der Waals surface area (Å²) in [5.74, 6) is 0.297. The van der Waals surface area contributed by atoms with Gasteiger partial charge in [0.05, 0.1) is 6.10 Å². The number of carbonyl (C=O) groups excluding carboxylic acids is 1. The van der Waals surface area contributed by atoms with Gasteiger partial charge >= 0.3 is 0 Å². The second kappa shape index (κ2) is 7.10. The van der Waals surface area contributed by atoms with Crippen LogP contribution in [0.5, 0.6) is 0 Å². The first-order valence-corrected chi connectivity index (χ1v) is 7.17. The zero-order valence-electron chi connectivity index (χ0n) is 12.1. The van der Waals surface area contributed by atoms with Crippen LogP contribution in [-0.2, 0) is 4.79 Å². The van der Waals surface area contributed by atoms with E-state index in [1.165, 1.54) is 0 Å². The molecule has 18 heavy (non-hydrogen) atoms. The summed E-state index contributed by atoms with van der Waals surface area (Å²) in [6.07, 6.45) is 2.52. The minimum absolute atomic E-state index is 0.0238. The molecule has 0 saturated carbocycles. The summed E-state index contributed by atoms with van der Waals surface area (Å²) in [7, 11) is 0. The molecular weight excluding hydrogens is 228 g/mol. The predicted octanol–water partition coefficient (Wildman–Crippen LogP) is 1.38. The van der Waals surface area contributed by atoms with Crippen LogP contribution in [-0.4, -0.2) is 47.2 Å². The number of rotatable bonds is 5. The van der Waals surface area contributed by atoms with E-state index in [0.29, 0.717) is 6.04 Å². The maximum Gasteiger partial charge on any atom is 0.217 e. The van der Waals surface area contributed by atoms with Crippen molar-refractivity contribution in [3.8, 4) is 0 Å². The predicted molar refractivity (Wildman–Crippen MR) is 73.3 cm³/mol. The van der Waals surface area contributed by atoms with E-state index in [9.17, 15) is 9.90 Å². The van der Waals surface area contributed by atoms with Gasteiger partial charge < -0.3 is 10.4 Å². The van der Waals surface area contributed by atoms with E-state index in [0.717, 1.165) is 32.4 Å². The highest BCUT2D eigenvalue weighted by atomic mass is 16.3. The Morgan fingerprint density at radius 2 is 2.06 bits per heavy atom. The summed E-state index contributed by atoms with van der Waals surface area (Å²) in [6.45, 7) is 9.82. The van der Waals surface area contributed by atoms with Gasteiger partial charge in [-0.25, -0.2) is 0 Å². The Balaban J connectivity index is 2.68. The molecule has 1 heterocycles. The van der Waals surface area contributed by atoms with Crippen LogP contribution in [0.3, 0.4) is 0 Å². The van der Waals surface area contributed by atoms with Crippen LogP contribution in [0.25, 0.3) is 0 Å². The number of hydrogen-bond acceptors (Lipinski definition) is 3. The van der Waals surface area contributed by atoms with Crippen molar-refractivity contribution in [3.63, 3.8) is 0 Å². The van der Waals surface area contributed by atoms with Crippen molar-refractivity contribution >= 4 is 5.91 Å². The maximum atomic E-state index is 11.2. The second-order valence-corrected chi connectivity index (χ2v) is 5.58. The van der Waals surface area contributed by atoms with Gasteiger partial charge in [-0.3, -0.25) is 9.69 Å². The molecule has 1 rings (SSSR count). The van der Waals surface area contributed by atoms with E-state index >= 15 is 0 Å². The van der Waals surface area contributed by atoms with Crippen LogP contribution in [0.2, 0.25) is 0 Å². The van der Waals surface area contributed by atoms with Gasteiger partial charge in [-0.15, -0.1) is 0 Å². The fourth-order valence-electron chi connectivity index (χ4n) is 2.80. The lowest BCUT2D eigenvalue weighted by atomic mass is 9.87. The van der Waals surface area contributed by atoms with Gasteiger partial charge in [0.2, 0.25) is 5.91 Å². The van der Waals surface area contributed by atoms with E-state index in [1.54, 1.807) is 6.92 Å². The standard InChI is InChI=1S/C14H28N2O2/c1-5-10(3)16-8-12(14(18)6-2)7-13(9-16)15-11(4)17/h10,12-14,18H,5-9H2,1-4H3,(H,15,17). The normalized spacial score (nSPS) is 28.7. The molecule has 1 amide bonds. The molecule has 1 aliphatic rings. The van der Waals surface area contributed by atoms with Crippen LogP contribution in [0.15, 0.2) is 0 Å². The van der Waals surface area contributed by atoms with Gasteiger partial charge in [0.15, 0.2) is 0 Å². The number of carbonyl (C=O) groups is 1. The van der Waals surface area contributed by atoms with Crippen molar-refractivity contribution < 1.29 is 9.90 Å². The van der Waals surface area contributed by atoms with Gasteiger partial charge in [-0.05, 0) is 32.1 Å². The largest absolute Gasteiger partial charge is 0.393 e. The lowest BCUT2D eigenvalue weighted by Crippen LogP contribution is -2.54. The van der Waals surface area contributed by atoms with Crippen molar-refractivity contribution in [2.45, 2.75) is 65.1 Å². The molecule has 4 atom stereocenters. The quantitative estimate of drug-likeness (QED) is 0.781. The molecule has 1 fully saturated rings. The zero-order valence-corrected chi connectivity index (χ0v) is 12.1. The van der Waals surface area contributed by atoms with Gasteiger partial charge in [0.25, 0.3) is 0 Å². The summed E-state index contributed by atoms with van der Waals surface area (Å²) in [4.78, 5) is 13.6. The summed E-state index contributed by atoms with van der Waals surface area (Å²) in [5.41, 5.74) is 0. The molecule has 0 aromatic heterocycles. The van der Waals surface area contributed by atoms with Crippen LogP contribution >= 0.6 is 0 Å². The highest BCUT2D eigenvalue weighted by molar-refractivity contribution is 5.73. The molecule has 0 bridgehead atoms. The summed E-state index contributed by atoms with van der Waals surface area (Å²) < 4.78 is 0. The molecular formula is C14H28N2O2. The minimum atomic E-state index is -0.256. The van der Waals surface area contributed by atoms with Gasteiger partial charge in [0, 0.05) is 32.1 Å². The minimum Gasteiger partial charge on any atom is -0.393 e. The molecule has 0 aromatic carbocycles. The number of nitrogens with zero attached hydrogens (tertiary/aromatic N) is 1. The molecule has 4 unspecified atom stereocenters. The molecule has 2 N–H and O–H groups in total. The van der Waals surface area contributed by atoms with Crippen molar-refractivity contribution in [3.05, 3.63) is 0 Å². The highest BCUT2D eigenvalue weighted by Gasteiger charge is 2.32. The smallest absolute Gasteiger partial charge is 0.217 e. The molecule has 0 spiro atoms. The molecule has 0 radical (unpaired) electrons.